The predicted molar refractivity (Wildman–Crippen MR) is 108 cm³/mol. The maximum absolute atomic E-state index is 12.8. The molecule has 0 unspecified atom stereocenters. The second kappa shape index (κ2) is 6.95. The molecule has 1 aliphatic carbocycles. The van der Waals surface area contributed by atoms with Crippen LogP contribution in [0.2, 0.25) is 0 Å². The van der Waals surface area contributed by atoms with Crippen LogP contribution in [0.4, 0.5) is 5.69 Å². The van der Waals surface area contributed by atoms with Crippen molar-refractivity contribution in [2.75, 3.05) is 23.2 Å². The summed E-state index contributed by atoms with van der Waals surface area (Å²) in [7, 11) is -3.09. The van der Waals surface area contributed by atoms with Crippen LogP contribution in [0, 0.1) is 5.92 Å². The van der Waals surface area contributed by atoms with Crippen molar-refractivity contribution in [3.05, 3.63) is 18.2 Å². The van der Waals surface area contributed by atoms with Crippen molar-refractivity contribution in [2.24, 2.45) is 10.9 Å². The number of fused-ring (bicyclic) bond motifs is 2. The Morgan fingerprint density at radius 1 is 1.11 bits per heavy atom. The number of amidine groups is 1. The average Bonchev–Trinajstić information content (AvgIpc) is 3.33. The van der Waals surface area contributed by atoms with Gasteiger partial charge in [-0.3, -0.25) is 4.79 Å². The minimum atomic E-state index is -3.09. The fourth-order valence-corrected chi connectivity index (χ4v) is 8.36. The van der Waals surface area contributed by atoms with E-state index in [9.17, 15) is 13.2 Å². The predicted octanol–water partition coefficient (Wildman–Crippen LogP) is 2.60. The van der Waals surface area contributed by atoms with Crippen molar-refractivity contribution in [2.45, 2.75) is 43.4 Å². The fraction of sp³-hybridized carbons (Fsp3) is 0.579. The van der Waals surface area contributed by atoms with Gasteiger partial charge in [0.05, 0.1) is 17.5 Å². The van der Waals surface area contributed by atoms with Crippen LogP contribution in [0.15, 0.2) is 23.2 Å². The van der Waals surface area contributed by atoms with Crippen LogP contribution in [-0.4, -0.2) is 49.1 Å². The molecule has 4 aliphatic rings. The van der Waals surface area contributed by atoms with E-state index in [1.165, 1.54) is 18.2 Å². The van der Waals surface area contributed by atoms with Crippen LogP contribution in [0.3, 0.4) is 0 Å². The highest BCUT2D eigenvalue weighted by Crippen LogP contribution is 2.44. The fourth-order valence-electron chi connectivity index (χ4n) is 4.44. The minimum Gasteiger partial charge on any atom is -0.454 e. The van der Waals surface area contributed by atoms with Gasteiger partial charge in [-0.2, -0.15) is 4.99 Å². The third kappa shape index (κ3) is 3.28. The lowest BCUT2D eigenvalue weighted by molar-refractivity contribution is -0.122. The third-order valence-corrected chi connectivity index (χ3v) is 9.07. The van der Waals surface area contributed by atoms with Gasteiger partial charge in [-0.05, 0) is 25.0 Å². The number of hydrogen-bond acceptors (Lipinski definition) is 6. The highest BCUT2D eigenvalue weighted by molar-refractivity contribution is 8.16. The zero-order chi connectivity index (χ0) is 19.3. The molecule has 0 N–H and O–H groups in total. The zero-order valence-corrected chi connectivity index (χ0v) is 17.0. The molecule has 3 heterocycles. The molecule has 1 aromatic rings. The first-order valence-electron chi connectivity index (χ1n) is 9.69. The summed E-state index contributed by atoms with van der Waals surface area (Å²) in [6.07, 6.45) is 5.12. The zero-order valence-electron chi connectivity index (χ0n) is 15.4. The summed E-state index contributed by atoms with van der Waals surface area (Å²) in [5, 5.41) is 0.507. The molecular formula is C19H22N2O5S2. The summed E-state index contributed by atoms with van der Waals surface area (Å²) in [5.74, 6) is 1.42. The molecule has 2 atom stereocenters. The Morgan fingerprint density at radius 2 is 1.89 bits per heavy atom. The number of nitrogens with zero attached hydrogens (tertiary/aromatic N) is 2. The number of thioether (sulfide) groups is 1. The SMILES string of the molecule is O=C(N=C1S[C@H]2CS(=O)(=O)C[C@H]2N1c1ccc2c(c1)OCO2)C1CCCCC1. The van der Waals surface area contributed by atoms with Gasteiger partial charge in [-0.15, -0.1) is 0 Å². The number of aliphatic imine (C=N–C) groups is 1. The first-order chi connectivity index (χ1) is 13.5. The molecule has 0 spiro atoms. The molecule has 1 amide bonds. The molecule has 5 rings (SSSR count). The molecule has 0 aromatic heterocycles. The molecule has 0 radical (unpaired) electrons. The first kappa shape index (κ1) is 18.3. The Kier molecular flexibility index (Phi) is 4.54. The van der Waals surface area contributed by atoms with E-state index in [2.05, 4.69) is 4.99 Å². The highest BCUT2D eigenvalue weighted by Gasteiger charge is 2.49. The van der Waals surface area contributed by atoms with E-state index in [4.69, 9.17) is 9.47 Å². The van der Waals surface area contributed by atoms with Gasteiger partial charge in [-0.1, -0.05) is 31.0 Å². The number of hydrogen-bond donors (Lipinski definition) is 0. The Morgan fingerprint density at radius 3 is 2.71 bits per heavy atom. The highest BCUT2D eigenvalue weighted by atomic mass is 32.2. The number of ether oxygens (including phenoxy) is 2. The van der Waals surface area contributed by atoms with Crippen LogP contribution in [0.1, 0.15) is 32.1 Å². The van der Waals surface area contributed by atoms with E-state index in [1.807, 2.05) is 23.1 Å². The number of amides is 1. The van der Waals surface area contributed by atoms with Crippen LogP contribution in [-0.2, 0) is 14.6 Å². The van der Waals surface area contributed by atoms with Crippen LogP contribution in [0.5, 0.6) is 11.5 Å². The van der Waals surface area contributed by atoms with Gasteiger partial charge in [0, 0.05) is 22.9 Å². The number of rotatable bonds is 2. The van der Waals surface area contributed by atoms with Gasteiger partial charge in [-0.25, -0.2) is 8.42 Å². The standard InChI is InChI=1S/C19H22N2O5S2/c22-18(12-4-2-1-3-5-12)20-19-21(14-9-28(23,24)10-17(14)27-19)13-6-7-15-16(8-13)26-11-25-15/h6-8,12,14,17H,1-5,9-11H2/t14-,17+/m1/s1. The van der Waals surface area contributed by atoms with Crippen LogP contribution >= 0.6 is 11.8 Å². The number of carbonyl (C=O) groups excluding carboxylic acids is 1. The van der Waals surface area contributed by atoms with Gasteiger partial charge in [0.25, 0.3) is 5.91 Å². The van der Waals surface area contributed by atoms with Crippen molar-refractivity contribution in [3.63, 3.8) is 0 Å². The van der Waals surface area contributed by atoms with Gasteiger partial charge >= 0.3 is 0 Å². The van der Waals surface area contributed by atoms with Gasteiger partial charge < -0.3 is 14.4 Å². The quantitative estimate of drug-likeness (QED) is 0.724. The van der Waals surface area contributed by atoms with E-state index in [1.54, 1.807) is 0 Å². The van der Waals surface area contributed by atoms with E-state index in [0.29, 0.717) is 16.7 Å². The lowest BCUT2D eigenvalue weighted by Crippen LogP contribution is -2.38. The van der Waals surface area contributed by atoms with Crippen molar-refractivity contribution >= 4 is 38.4 Å². The third-order valence-electron chi connectivity index (χ3n) is 5.86. The van der Waals surface area contributed by atoms with Crippen molar-refractivity contribution in [1.82, 2.24) is 0 Å². The topological polar surface area (TPSA) is 85.3 Å². The van der Waals surface area contributed by atoms with Crippen molar-refractivity contribution in [1.29, 1.82) is 0 Å². The second-order valence-electron chi connectivity index (χ2n) is 7.78. The number of benzene rings is 1. The summed E-state index contributed by atoms with van der Waals surface area (Å²) < 4.78 is 35.2. The summed E-state index contributed by atoms with van der Waals surface area (Å²) in [5.41, 5.74) is 0.788. The molecule has 150 valence electrons. The molecule has 3 fully saturated rings. The number of anilines is 1. The maximum Gasteiger partial charge on any atom is 0.251 e. The van der Waals surface area contributed by atoms with E-state index in [-0.39, 0.29) is 41.4 Å². The maximum atomic E-state index is 12.8. The molecule has 1 aromatic carbocycles. The summed E-state index contributed by atoms with van der Waals surface area (Å²) in [6.45, 7) is 0.176. The molecule has 28 heavy (non-hydrogen) atoms. The Balaban J connectivity index is 1.49. The smallest absolute Gasteiger partial charge is 0.251 e. The molecular weight excluding hydrogens is 400 g/mol. The van der Waals surface area contributed by atoms with Gasteiger partial charge in [0.2, 0.25) is 6.79 Å². The normalized spacial score (nSPS) is 30.0. The monoisotopic (exact) mass is 422 g/mol. The van der Waals surface area contributed by atoms with Crippen molar-refractivity contribution in [3.8, 4) is 11.5 Å². The summed E-state index contributed by atoms with van der Waals surface area (Å²) in [4.78, 5) is 19.2. The molecule has 0 bridgehead atoms. The van der Waals surface area contributed by atoms with Crippen molar-refractivity contribution < 1.29 is 22.7 Å². The average molecular weight is 423 g/mol. The van der Waals surface area contributed by atoms with Gasteiger partial charge in [0.1, 0.15) is 0 Å². The lowest BCUT2D eigenvalue weighted by atomic mass is 9.89. The molecule has 2 saturated heterocycles. The Bertz CT molecular complexity index is 940. The van der Waals surface area contributed by atoms with Crippen LogP contribution < -0.4 is 14.4 Å². The lowest BCUT2D eigenvalue weighted by Gasteiger charge is -2.25. The summed E-state index contributed by atoms with van der Waals surface area (Å²) >= 11 is 1.42. The Hall–Kier alpha value is -1.74. The van der Waals surface area contributed by atoms with E-state index < -0.39 is 9.84 Å². The van der Waals surface area contributed by atoms with E-state index in [0.717, 1.165) is 31.4 Å². The van der Waals surface area contributed by atoms with E-state index >= 15 is 0 Å². The van der Waals surface area contributed by atoms with Crippen LogP contribution in [0.25, 0.3) is 0 Å². The van der Waals surface area contributed by atoms with Gasteiger partial charge in [0.15, 0.2) is 26.5 Å². The molecule has 3 aliphatic heterocycles. The summed E-state index contributed by atoms with van der Waals surface area (Å²) in [6, 6.07) is 5.33. The molecule has 1 saturated carbocycles. The number of sulfone groups is 1. The minimum absolute atomic E-state index is 0.00960. The molecule has 9 heteroatoms. The largest absolute Gasteiger partial charge is 0.454 e. The second-order valence-corrected chi connectivity index (χ2v) is 11.1. The first-order valence-corrected chi connectivity index (χ1v) is 12.4. The Labute approximate surface area is 168 Å². The number of carbonyl (C=O) groups is 1. The molecule has 7 nitrogen and oxygen atoms in total.